The van der Waals surface area contributed by atoms with E-state index in [1.165, 1.54) is 12.3 Å². The van der Waals surface area contributed by atoms with Gasteiger partial charge in [-0.1, -0.05) is 0 Å². The zero-order valence-corrected chi connectivity index (χ0v) is 15.8. The van der Waals surface area contributed by atoms with Crippen LogP contribution in [0.3, 0.4) is 0 Å². The lowest BCUT2D eigenvalue weighted by Gasteiger charge is -2.47. The van der Waals surface area contributed by atoms with Crippen LogP contribution in [-0.4, -0.2) is 56.3 Å². The quantitative estimate of drug-likeness (QED) is 0.882. The van der Waals surface area contributed by atoms with E-state index in [1.54, 1.807) is 23.4 Å². The molecule has 2 saturated heterocycles. The summed E-state index contributed by atoms with van der Waals surface area (Å²) in [5, 5.41) is 9.90. The number of piperidine rings is 2. The SMILES string of the molecule is O=C1CCC2(CCN(C(=O)c3ncccc3O)CC2)CN1Cc1ccncc1. The van der Waals surface area contributed by atoms with Crippen LogP contribution in [0.2, 0.25) is 0 Å². The maximum Gasteiger partial charge on any atom is 0.276 e. The molecule has 0 aliphatic carbocycles. The number of carbonyl (C=O) groups excluding carboxylic acids is 2. The highest BCUT2D eigenvalue weighted by molar-refractivity contribution is 5.94. The Hall–Kier alpha value is -2.96. The fourth-order valence-corrected chi connectivity index (χ4v) is 4.26. The Morgan fingerprint density at radius 1 is 1.11 bits per heavy atom. The first-order valence-electron chi connectivity index (χ1n) is 9.66. The molecule has 0 atom stereocenters. The molecule has 0 saturated carbocycles. The highest BCUT2D eigenvalue weighted by atomic mass is 16.3. The number of hydrogen-bond acceptors (Lipinski definition) is 5. The van der Waals surface area contributed by atoms with Crippen LogP contribution >= 0.6 is 0 Å². The van der Waals surface area contributed by atoms with Gasteiger partial charge in [0.15, 0.2) is 5.69 Å². The molecule has 7 nitrogen and oxygen atoms in total. The lowest BCUT2D eigenvalue weighted by Crippen LogP contribution is -2.52. The summed E-state index contributed by atoms with van der Waals surface area (Å²) in [6.07, 6.45) is 8.14. The van der Waals surface area contributed by atoms with Crippen molar-refractivity contribution in [3.05, 3.63) is 54.1 Å². The standard InChI is InChI=1S/C21H24N4O3/c26-17-2-1-9-23-19(17)20(28)24-12-7-21(8-13-24)6-3-18(27)25(15-21)14-16-4-10-22-11-5-16/h1-2,4-5,9-11,26H,3,6-8,12-15H2. The predicted octanol–water partition coefficient (Wildman–Crippen LogP) is 2.23. The summed E-state index contributed by atoms with van der Waals surface area (Å²) in [6.45, 7) is 2.57. The van der Waals surface area contributed by atoms with Gasteiger partial charge in [-0.3, -0.25) is 14.6 Å². The number of likely N-dealkylation sites (tertiary alicyclic amines) is 2. The Kier molecular flexibility index (Phi) is 4.98. The average Bonchev–Trinajstić information content (AvgIpc) is 2.72. The van der Waals surface area contributed by atoms with Gasteiger partial charge in [0, 0.05) is 51.2 Å². The number of rotatable bonds is 3. The first kappa shape index (κ1) is 18.4. The van der Waals surface area contributed by atoms with Crippen LogP contribution in [0.15, 0.2) is 42.9 Å². The van der Waals surface area contributed by atoms with Crippen LogP contribution in [0, 0.1) is 5.41 Å². The molecular weight excluding hydrogens is 356 g/mol. The lowest BCUT2D eigenvalue weighted by atomic mass is 9.72. The number of aromatic hydroxyl groups is 1. The molecule has 4 rings (SSSR count). The molecular formula is C21H24N4O3. The van der Waals surface area contributed by atoms with Crippen LogP contribution in [0.25, 0.3) is 0 Å². The van der Waals surface area contributed by atoms with Crippen molar-refractivity contribution in [3.63, 3.8) is 0 Å². The number of nitrogens with zero attached hydrogens (tertiary/aromatic N) is 4. The van der Waals surface area contributed by atoms with Crippen molar-refractivity contribution in [1.29, 1.82) is 0 Å². The van der Waals surface area contributed by atoms with Gasteiger partial charge in [-0.25, -0.2) is 4.98 Å². The van der Waals surface area contributed by atoms with Gasteiger partial charge in [0.1, 0.15) is 5.75 Å². The molecule has 2 aromatic heterocycles. The van der Waals surface area contributed by atoms with Crippen LogP contribution in [0.5, 0.6) is 5.75 Å². The minimum absolute atomic E-state index is 0.0594. The molecule has 4 heterocycles. The van der Waals surface area contributed by atoms with Crippen LogP contribution in [0.4, 0.5) is 0 Å². The summed E-state index contributed by atoms with van der Waals surface area (Å²) in [4.78, 5) is 36.9. The summed E-state index contributed by atoms with van der Waals surface area (Å²) < 4.78 is 0. The fraction of sp³-hybridized carbons (Fsp3) is 0.429. The van der Waals surface area contributed by atoms with E-state index in [9.17, 15) is 14.7 Å². The summed E-state index contributed by atoms with van der Waals surface area (Å²) in [5.41, 5.74) is 1.25. The Balaban J connectivity index is 1.41. The Bertz CT molecular complexity index is 863. The fourth-order valence-electron chi connectivity index (χ4n) is 4.26. The van der Waals surface area contributed by atoms with Gasteiger partial charge in [0.2, 0.25) is 5.91 Å². The van der Waals surface area contributed by atoms with Gasteiger partial charge in [-0.2, -0.15) is 0 Å². The maximum absolute atomic E-state index is 12.7. The second kappa shape index (κ2) is 7.58. The van der Waals surface area contributed by atoms with Crippen molar-refractivity contribution in [1.82, 2.24) is 19.8 Å². The molecule has 1 spiro atoms. The van der Waals surface area contributed by atoms with Crippen molar-refractivity contribution < 1.29 is 14.7 Å². The Labute approximate surface area is 164 Å². The lowest BCUT2D eigenvalue weighted by molar-refractivity contribution is -0.139. The molecule has 0 unspecified atom stereocenters. The van der Waals surface area contributed by atoms with Crippen LogP contribution in [0.1, 0.15) is 41.7 Å². The molecule has 0 aromatic carbocycles. The van der Waals surface area contributed by atoms with Gasteiger partial charge < -0.3 is 14.9 Å². The molecule has 2 amide bonds. The minimum atomic E-state index is -0.228. The van der Waals surface area contributed by atoms with E-state index < -0.39 is 0 Å². The number of carbonyl (C=O) groups is 2. The molecule has 2 aromatic rings. The molecule has 7 heteroatoms. The molecule has 0 bridgehead atoms. The second-order valence-electron chi connectivity index (χ2n) is 7.77. The summed E-state index contributed by atoms with van der Waals surface area (Å²) in [7, 11) is 0. The van der Waals surface area contributed by atoms with Crippen molar-refractivity contribution >= 4 is 11.8 Å². The smallest absolute Gasteiger partial charge is 0.276 e. The third kappa shape index (κ3) is 3.69. The minimum Gasteiger partial charge on any atom is -0.505 e. The van der Waals surface area contributed by atoms with E-state index >= 15 is 0 Å². The summed E-state index contributed by atoms with van der Waals surface area (Å²) in [6, 6.07) is 6.97. The normalized spacial score (nSPS) is 19.1. The van der Waals surface area contributed by atoms with E-state index in [4.69, 9.17) is 0 Å². The highest BCUT2D eigenvalue weighted by Crippen LogP contribution is 2.41. The molecule has 2 aliphatic heterocycles. The average molecular weight is 380 g/mol. The third-order valence-electron chi connectivity index (χ3n) is 5.97. The number of amides is 2. The molecule has 0 radical (unpaired) electrons. The van der Waals surface area contributed by atoms with E-state index in [2.05, 4.69) is 9.97 Å². The van der Waals surface area contributed by atoms with Crippen molar-refractivity contribution in [2.75, 3.05) is 19.6 Å². The zero-order chi connectivity index (χ0) is 19.6. The van der Waals surface area contributed by atoms with Crippen molar-refractivity contribution in [2.24, 2.45) is 5.41 Å². The van der Waals surface area contributed by atoms with E-state index in [1.807, 2.05) is 17.0 Å². The molecule has 28 heavy (non-hydrogen) atoms. The first-order valence-corrected chi connectivity index (χ1v) is 9.66. The Morgan fingerprint density at radius 2 is 1.86 bits per heavy atom. The van der Waals surface area contributed by atoms with Gasteiger partial charge >= 0.3 is 0 Å². The number of hydrogen-bond donors (Lipinski definition) is 1. The van der Waals surface area contributed by atoms with Crippen LogP contribution < -0.4 is 0 Å². The highest BCUT2D eigenvalue weighted by Gasteiger charge is 2.42. The monoisotopic (exact) mass is 380 g/mol. The molecule has 1 N–H and O–H groups in total. The second-order valence-corrected chi connectivity index (χ2v) is 7.77. The number of aromatic nitrogens is 2. The third-order valence-corrected chi connectivity index (χ3v) is 5.97. The van der Waals surface area contributed by atoms with E-state index in [0.717, 1.165) is 31.4 Å². The van der Waals surface area contributed by atoms with E-state index in [0.29, 0.717) is 26.1 Å². The molecule has 146 valence electrons. The van der Waals surface area contributed by atoms with E-state index in [-0.39, 0.29) is 28.7 Å². The van der Waals surface area contributed by atoms with Gasteiger partial charge in [0.05, 0.1) is 0 Å². The zero-order valence-electron chi connectivity index (χ0n) is 15.8. The topological polar surface area (TPSA) is 86.6 Å². The molecule has 2 fully saturated rings. The van der Waals surface area contributed by atoms with Gasteiger partial charge in [0.25, 0.3) is 5.91 Å². The van der Waals surface area contributed by atoms with Crippen molar-refractivity contribution in [3.8, 4) is 5.75 Å². The summed E-state index contributed by atoms with van der Waals surface area (Å²) >= 11 is 0. The van der Waals surface area contributed by atoms with Crippen LogP contribution in [-0.2, 0) is 11.3 Å². The van der Waals surface area contributed by atoms with Gasteiger partial charge in [-0.15, -0.1) is 0 Å². The number of pyridine rings is 2. The predicted molar refractivity (Wildman–Crippen MR) is 102 cm³/mol. The van der Waals surface area contributed by atoms with Gasteiger partial charge in [-0.05, 0) is 54.5 Å². The summed E-state index contributed by atoms with van der Waals surface area (Å²) in [5.74, 6) is -0.118. The first-order chi connectivity index (χ1) is 13.6. The largest absolute Gasteiger partial charge is 0.505 e. The maximum atomic E-state index is 12.7. The Morgan fingerprint density at radius 3 is 2.57 bits per heavy atom. The molecule has 2 aliphatic rings. The van der Waals surface area contributed by atoms with Crippen molar-refractivity contribution in [2.45, 2.75) is 32.2 Å².